The number of amides is 1. The molecule has 0 spiro atoms. The van der Waals surface area contributed by atoms with Crippen LogP contribution in [-0.4, -0.2) is 54.7 Å². The maximum absolute atomic E-state index is 13.0. The molecule has 0 saturated carbocycles. The lowest BCUT2D eigenvalue weighted by Crippen LogP contribution is -2.41. The van der Waals surface area contributed by atoms with E-state index < -0.39 is 10.0 Å². The van der Waals surface area contributed by atoms with Gasteiger partial charge in [-0.1, -0.05) is 18.2 Å². The summed E-state index contributed by atoms with van der Waals surface area (Å²) in [4.78, 5) is 12.8. The summed E-state index contributed by atoms with van der Waals surface area (Å²) in [7, 11) is -3.64. The van der Waals surface area contributed by atoms with Crippen LogP contribution in [0.2, 0.25) is 0 Å². The van der Waals surface area contributed by atoms with Crippen LogP contribution in [0.25, 0.3) is 5.69 Å². The Balaban J connectivity index is 1.47. The molecule has 0 unspecified atom stereocenters. The highest BCUT2D eigenvalue weighted by Crippen LogP contribution is 2.21. The van der Waals surface area contributed by atoms with Crippen LogP contribution in [0.5, 0.6) is 0 Å². The van der Waals surface area contributed by atoms with Crippen LogP contribution in [0.3, 0.4) is 0 Å². The standard InChI is InChI=1S/C21H22N4O4S/c26-21(17-6-8-19(9-7-17)25-11-3-10-23-25)22-16-18-4-1-2-5-20(18)30(27,28)24-12-14-29-15-13-24/h1-11H,12-16H2,(H,22,26). The van der Waals surface area contributed by atoms with Crippen molar-refractivity contribution in [1.29, 1.82) is 0 Å². The number of rotatable bonds is 6. The Labute approximate surface area is 175 Å². The summed E-state index contributed by atoms with van der Waals surface area (Å²) in [5, 5.41) is 6.97. The molecule has 9 heteroatoms. The highest BCUT2D eigenvalue weighted by molar-refractivity contribution is 7.89. The largest absolute Gasteiger partial charge is 0.379 e. The van der Waals surface area contributed by atoms with Gasteiger partial charge >= 0.3 is 0 Å². The monoisotopic (exact) mass is 426 g/mol. The first-order valence-corrected chi connectivity index (χ1v) is 11.0. The molecule has 2 heterocycles. The minimum atomic E-state index is -3.64. The molecule has 0 radical (unpaired) electrons. The molecule has 1 aliphatic rings. The van der Waals surface area contributed by atoms with Crippen molar-refractivity contribution in [1.82, 2.24) is 19.4 Å². The minimum Gasteiger partial charge on any atom is -0.379 e. The number of benzene rings is 2. The average Bonchev–Trinajstić information content (AvgIpc) is 3.33. The SMILES string of the molecule is O=C(NCc1ccccc1S(=O)(=O)N1CCOCC1)c1ccc(-n2cccn2)cc1. The topological polar surface area (TPSA) is 93.5 Å². The molecule has 156 valence electrons. The fraction of sp³-hybridized carbons (Fsp3) is 0.238. The average molecular weight is 426 g/mol. The Hall–Kier alpha value is -3.01. The fourth-order valence-corrected chi connectivity index (χ4v) is 4.92. The van der Waals surface area contributed by atoms with Crippen LogP contribution in [0.1, 0.15) is 15.9 Å². The van der Waals surface area contributed by atoms with Crippen molar-refractivity contribution in [3.8, 4) is 5.69 Å². The van der Waals surface area contributed by atoms with Crippen molar-refractivity contribution in [3.63, 3.8) is 0 Å². The maximum atomic E-state index is 13.0. The molecule has 1 N–H and O–H groups in total. The van der Waals surface area contributed by atoms with E-state index in [1.54, 1.807) is 59.4 Å². The first-order valence-electron chi connectivity index (χ1n) is 9.60. The van der Waals surface area contributed by atoms with Gasteiger partial charge in [0.25, 0.3) is 5.91 Å². The molecule has 1 aromatic heterocycles. The predicted octanol–water partition coefficient (Wildman–Crippen LogP) is 1.82. The second-order valence-corrected chi connectivity index (χ2v) is 8.71. The van der Waals surface area contributed by atoms with Gasteiger partial charge in [0.15, 0.2) is 0 Å². The Kier molecular flexibility index (Phi) is 5.93. The Bertz CT molecular complexity index is 1110. The molecule has 1 aliphatic heterocycles. The Morgan fingerprint density at radius 3 is 2.47 bits per heavy atom. The van der Waals surface area contributed by atoms with Crippen LogP contribution in [0.4, 0.5) is 0 Å². The summed E-state index contributed by atoms with van der Waals surface area (Å²) in [5.41, 5.74) is 1.88. The number of nitrogens with zero attached hydrogens (tertiary/aromatic N) is 3. The van der Waals surface area contributed by atoms with E-state index in [1.165, 1.54) is 4.31 Å². The lowest BCUT2D eigenvalue weighted by atomic mass is 10.1. The molecule has 4 rings (SSSR count). The van der Waals surface area contributed by atoms with Gasteiger partial charge in [0.1, 0.15) is 0 Å². The molecule has 2 aromatic carbocycles. The number of hydrogen-bond donors (Lipinski definition) is 1. The van der Waals surface area contributed by atoms with Gasteiger partial charge in [-0.15, -0.1) is 0 Å². The van der Waals surface area contributed by atoms with E-state index in [9.17, 15) is 13.2 Å². The van der Waals surface area contributed by atoms with Crippen LogP contribution in [0, 0.1) is 0 Å². The molecule has 0 aliphatic carbocycles. The van der Waals surface area contributed by atoms with E-state index in [1.807, 2.05) is 12.3 Å². The van der Waals surface area contributed by atoms with Gasteiger partial charge in [-0.3, -0.25) is 4.79 Å². The zero-order chi connectivity index (χ0) is 21.0. The molecule has 1 amide bonds. The van der Waals surface area contributed by atoms with Gasteiger partial charge in [0.05, 0.1) is 23.8 Å². The van der Waals surface area contributed by atoms with E-state index in [0.717, 1.165) is 5.69 Å². The zero-order valence-electron chi connectivity index (χ0n) is 16.3. The molecule has 0 bridgehead atoms. The molecular weight excluding hydrogens is 404 g/mol. The minimum absolute atomic E-state index is 0.111. The predicted molar refractivity (Wildman–Crippen MR) is 111 cm³/mol. The van der Waals surface area contributed by atoms with Crippen LogP contribution in [0.15, 0.2) is 71.9 Å². The number of morpholine rings is 1. The van der Waals surface area contributed by atoms with E-state index in [-0.39, 0.29) is 17.3 Å². The van der Waals surface area contributed by atoms with Gasteiger partial charge < -0.3 is 10.1 Å². The number of aromatic nitrogens is 2. The van der Waals surface area contributed by atoms with E-state index >= 15 is 0 Å². The van der Waals surface area contributed by atoms with Crippen molar-refractivity contribution in [3.05, 3.63) is 78.1 Å². The third-order valence-corrected chi connectivity index (χ3v) is 6.90. The quantitative estimate of drug-likeness (QED) is 0.649. The van der Waals surface area contributed by atoms with Crippen molar-refractivity contribution in [2.75, 3.05) is 26.3 Å². The van der Waals surface area contributed by atoms with Gasteiger partial charge in [-0.25, -0.2) is 13.1 Å². The van der Waals surface area contributed by atoms with Crippen LogP contribution < -0.4 is 5.32 Å². The second-order valence-electron chi connectivity index (χ2n) is 6.80. The second kappa shape index (κ2) is 8.78. The summed E-state index contributed by atoms with van der Waals surface area (Å²) in [6.45, 7) is 1.52. The number of nitrogens with one attached hydrogen (secondary N) is 1. The van der Waals surface area contributed by atoms with Crippen molar-refractivity contribution < 1.29 is 17.9 Å². The summed E-state index contributed by atoms with van der Waals surface area (Å²) in [6.07, 6.45) is 3.50. The maximum Gasteiger partial charge on any atom is 0.251 e. The van der Waals surface area contributed by atoms with Gasteiger partial charge in [-0.05, 0) is 42.0 Å². The smallest absolute Gasteiger partial charge is 0.251 e. The summed E-state index contributed by atoms with van der Waals surface area (Å²) >= 11 is 0. The third-order valence-electron chi connectivity index (χ3n) is 4.90. The molecule has 3 aromatic rings. The zero-order valence-corrected chi connectivity index (χ0v) is 17.1. The molecule has 1 fully saturated rings. The van der Waals surface area contributed by atoms with Crippen molar-refractivity contribution in [2.24, 2.45) is 0 Å². The molecule has 0 atom stereocenters. The summed E-state index contributed by atoms with van der Waals surface area (Å²) in [6, 6.07) is 15.6. The van der Waals surface area contributed by atoms with Gasteiger partial charge in [0, 0.05) is 37.6 Å². The van der Waals surface area contributed by atoms with Gasteiger partial charge in [-0.2, -0.15) is 9.40 Å². The molecule has 30 heavy (non-hydrogen) atoms. The third kappa shape index (κ3) is 4.28. The number of sulfonamides is 1. The lowest BCUT2D eigenvalue weighted by molar-refractivity contribution is 0.0730. The fourth-order valence-electron chi connectivity index (χ4n) is 3.29. The Morgan fingerprint density at radius 1 is 1.03 bits per heavy atom. The van der Waals surface area contributed by atoms with Crippen molar-refractivity contribution >= 4 is 15.9 Å². The van der Waals surface area contributed by atoms with E-state index in [4.69, 9.17) is 4.74 Å². The van der Waals surface area contributed by atoms with E-state index in [0.29, 0.717) is 37.4 Å². The first kappa shape index (κ1) is 20.3. The lowest BCUT2D eigenvalue weighted by Gasteiger charge is -2.27. The number of ether oxygens (including phenoxy) is 1. The normalized spacial score (nSPS) is 15.1. The summed E-state index contributed by atoms with van der Waals surface area (Å²) in [5.74, 6) is -0.277. The highest BCUT2D eigenvalue weighted by atomic mass is 32.2. The van der Waals surface area contributed by atoms with Crippen LogP contribution >= 0.6 is 0 Å². The molecule has 1 saturated heterocycles. The molecular formula is C21H22N4O4S. The van der Waals surface area contributed by atoms with Crippen LogP contribution in [-0.2, 0) is 21.3 Å². The number of carbonyl (C=O) groups is 1. The first-order chi connectivity index (χ1) is 14.6. The summed E-state index contributed by atoms with van der Waals surface area (Å²) < 4.78 is 34.4. The van der Waals surface area contributed by atoms with E-state index in [2.05, 4.69) is 10.4 Å². The molecule has 8 nitrogen and oxygen atoms in total. The highest BCUT2D eigenvalue weighted by Gasteiger charge is 2.28. The number of carbonyl (C=O) groups excluding carboxylic acids is 1. The Morgan fingerprint density at radius 2 is 1.77 bits per heavy atom. The van der Waals surface area contributed by atoms with Crippen molar-refractivity contribution in [2.45, 2.75) is 11.4 Å². The van der Waals surface area contributed by atoms with Gasteiger partial charge in [0.2, 0.25) is 10.0 Å². The number of hydrogen-bond acceptors (Lipinski definition) is 5.